The van der Waals surface area contributed by atoms with Crippen LogP contribution >= 0.6 is 0 Å². The Hall–Kier alpha value is -3.35. The molecule has 1 aliphatic rings. The first-order chi connectivity index (χ1) is 14.6. The molecule has 2 N–H and O–H groups in total. The van der Waals surface area contributed by atoms with Gasteiger partial charge in [-0.2, -0.15) is 0 Å². The molecule has 0 amide bonds. The van der Waals surface area contributed by atoms with Crippen LogP contribution in [0, 0.1) is 12.7 Å². The topological polar surface area (TPSA) is 86.3 Å². The van der Waals surface area contributed by atoms with Gasteiger partial charge in [0.1, 0.15) is 12.4 Å². The van der Waals surface area contributed by atoms with E-state index in [1.807, 2.05) is 32.0 Å². The van der Waals surface area contributed by atoms with Crippen molar-refractivity contribution in [3.05, 3.63) is 71.1 Å². The fourth-order valence-corrected chi connectivity index (χ4v) is 3.99. The largest absolute Gasteiger partial charge is 0.396 e. The van der Waals surface area contributed by atoms with Crippen molar-refractivity contribution in [3.63, 3.8) is 0 Å². The van der Waals surface area contributed by atoms with Crippen LogP contribution in [-0.2, 0) is 11.3 Å². The Morgan fingerprint density at radius 3 is 2.87 bits per heavy atom. The fourth-order valence-electron chi connectivity index (χ4n) is 3.99. The molecule has 2 heterocycles. The molecule has 0 bridgehead atoms. The van der Waals surface area contributed by atoms with Crippen LogP contribution < -0.4 is 5.73 Å². The van der Waals surface area contributed by atoms with Gasteiger partial charge in [0.15, 0.2) is 0 Å². The van der Waals surface area contributed by atoms with Crippen LogP contribution in [0.4, 0.5) is 10.3 Å². The number of fused-ring (bicyclic) bond motifs is 1. The van der Waals surface area contributed by atoms with E-state index in [0.717, 1.165) is 45.8 Å². The highest BCUT2D eigenvalue weighted by Crippen LogP contribution is 2.38. The molecule has 1 aromatic carbocycles. The Morgan fingerprint density at radius 2 is 2.10 bits per heavy atom. The number of halogens is 1. The van der Waals surface area contributed by atoms with Gasteiger partial charge in [0.25, 0.3) is 0 Å². The highest BCUT2D eigenvalue weighted by atomic mass is 19.1. The molecular weight excluding hydrogens is 381 g/mol. The quantitative estimate of drug-likeness (QED) is 0.501. The third-order valence-electron chi connectivity index (χ3n) is 5.25. The summed E-state index contributed by atoms with van der Waals surface area (Å²) in [6.07, 6.45) is 5.63. The van der Waals surface area contributed by atoms with Gasteiger partial charge >= 0.3 is 0 Å². The Kier molecular flexibility index (Phi) is 5.70. The first-order valence-electron chi connectivity index (χ1n) is 10.1. The van der Waals surface area contributed by atoms with Crippen molar-refractivity contribution in [2.24, 2.45) is 5.16 Å². The molecule has 30 heavy (non-hydrogen) atoms. The second-order valence-electron chi connectivity index (χ2n) is 7.44. The number of rotatable bonds is 5. The summed E-state index contributed by atoms with van der Waals surface area (Å²) >= 11 is 0. The Labute approximate surface area is 175 Å². The first kappa shape index (κ1) is 19.9. The molecule has 0 aliphatic heterocycles. The molecule has 2 aromatic heterocycles. The summed E-state index contributed by atoms with van der Waals surface area (Å²) in [7, 11) is 0. The van der Waals surface area contributed by atoms with Gasteiger partial charge < -0.3 is 10.6 Å². The van der Waals surface area contributed by atoms with Gasteiger partial charge in [-0.3, -0.25) is 4.98 Å². The van der Waals surface area contributed by atoms with Gasteiger partial charge in [-0.1, -0.05) is 24.2 Å². The molecule has 154 valence electrons. The zero-order valence-electron chi connectivity index (χ0n) is 17.1. The van der Waals surface area contributed by atoms with Gasteiger partial charge in [-0.25, -0.2) is 14.4 Å². The van der Waals surface area contributed by atoms with Crippen LogP contribution in [0.5, 0.6) is 0 Å². The van der Waals surface area contributed by atoms with E-state index in [2.05, 4.69) is 20.1 Å². The van der Waals surface area contributed by atoms with Crippen molar-refractivity contribution in [2.75, 3.05) is 12.3 Å². The van der Waals surface area contributed by atoms with E-state index in [4.69, 9.17) is 10.6 Å². The number of aryl methyl sites for hydroxylation is 1. The SMILES string of the molecule is CCCO/N=C1\CC(c2ccc(F)cc2-c2cccnc2)Cc2nc(N)nc(C)c21. The summed E-state index contributed by atoms with van der Waals surface area (Å²) in [5.41, 5.74) is 12.0. The van der Waals surface area contributed by atoms with Crippen LogP contribution in [0.3, 0.4) is 0 Å². The summed E-state index contributed by atoms with van der Waals surface area (Å²) < 4.78 is 14.1. The van der Waals surface area contributed by atoms with Crippen molar-refractivity contribution in [2.45, 2.75) is 39.0 Å². The van der Waals surface area contributed by atoms with Crippen LogP contribution in [-0.4, -0.2) is 27.3 Å². The third kappa shape index (κ3) is 4.01. The van der Waals surface area contributed by atoms with Crippen LogP contribution in [0.15, 0.2) is 47.9 Å². The van der Waals surface area contributed by atoms with E-state index in [9.17, 15) is 4.39 Å². The predicted molar refractivity (Wildman–Crippen MR) is 115 cm³/mol. The molecule has 0 spiro atoms. The molecule has 6 nitrogen and oxygen atoms in total. The minimum Gasteiger partial charge on any atom is -0.396 e. The molecular formula is C23H24FN5O. The molecule has 1 aliphatic carbocycles. The molecule has 0 saturated carbocycles. The predicted octanol–water partition coefficient (Wildman–Crippen LogP) is 4.43. The lowest BCUT2D eigenvalue weighted by molar-refractivity contribution is 0.144. The smallest absolute Gasteiger partial charge is 0.220 e. The van der Waals surface area contributed by atoms with E-state index in [1.54, 1.807) is 18.5 Å². The van der Waals surface area contributed by atoms with Crippen LogP contribution in [0.1, 0.15) is 48.2 Å². The van der Waals surface area contributed by atoms with Crippen LogP contribution in [0.25, 0.3) is 11.1 Å². The average molecular weight is 405 g/mol. The summed E-state index contributed by atoms with van der Waals surface area (Å²) in [4.78, 5) is 18.5. The minimum atomic E-state index is -0.281. The van der Waals surface area contributed by atoms with Gasteiger partial charge in [0.05, 0.1) is 17.1 Å². The number of nitrogens with two attached hydrogens (primary N) is 1. The number of nitrogen functional groups attached to an aromatic ring is 1. The number of pyridine rings is 1. The van der Waals surface area contributed by atoms with Crippen molar-refractivity contribution >= 4 is 11.7 Å². The second-order valence-corrected chi connectivity index (χ2v) is 7.44. The molecule has 0 saturated heterocycles. The summed E-state index contributed by atoms with van der Waals surface area (Å²) in [5.74, 6) is 0.00898. The monoisotopic (exact) mass is 405 g/mol. The molecule has 1 unspecified atom stereocenters. The lowest BCUT2D eigenvalue weighted by Crippen LogP contribution is -2.24. The number of oxime groups is 1. The maximum Gasteiger partial charge on any atom is 0.220 e. The van der Waals surface area contributed by atoms with Gasteiger partial charge in [-0.05, 0) is 55.0 Å². The Bertz CT molecular complexity index is 1080. The Morgan fingerprint density at radius 1 is 1.23 bits per heavy atom. The Balaban J connectivity index is 1.80. The molecule has 7 heteroatoms. The number of hydrogen-bond donors (Lipinski definition) is 1. The van der Waals surface area contributed by atoms with Crippen LogP contribution in [0.2, 0.25) is 0 Å². The summed E-state index contributed by atoms with van der Waals surface area (Å²) in [5, 5.41) is 4.41. The fraction of sp³-hybridized carbons (Fsp3) is 0.304. The van der Waals surface area contributed by atoms with E-state index >= 15 is 0 Å². The lowest BCUT2D eigenvalue weighted by atomic mass is 9.78. The van der Waals surface area contributed by atoms with Crippen molar-refractivity contribution in [1.29, 1.82) is 0 Å². The van der Waals surface area contributed by atoms with E-state index in [1.165, 1.54) is 6.07 Å². The number of aromatic nitrogens is 3. The maximum absolute atomic E-state index is 14.1. The van der Waals surface area contributed by atoms with E-state index < -0.39 is 0 Å². The standard InChI is InChI=1S/C23H24FN5O/c1-3-9-30-29-21-11-16(10-20-22(21)14(2)27-23(25)28-20)18-7-6-17(24)12-19(18)15-5-4-8-26-13-15/h4-8,12-13,16H,3,9-11H2,1-2H3,(H2,25,27,28)/b29-21+. The highest BCUT2D eigenvalue weighted by Gasteiger charge is 2.30. The van der Waals surface area contributed by atoms with Crippen molar-refractivity contribution < 1.29 is 9.23 Å². The summed E-state index contributed by atoms with van der Waals surface area (Å²) in [6.45, 7) is 4.48. The average Bonchev–Trinajstić information content (AvgIpc) is 2.73. The third-order valence-corrected chi connectivity index (χ3v) is 5.25. The maximum atomic E-state index is 14.1. The zero-order valence-corrected chi connectivity index (χ0v) is 17.1. The normalized spacial score (nSPS) is 17.0. The van der Waals surface area contributed by atoms with Gasteiger partial charge in [-0.15, -0.1) is 0 Å². The number of nitrogens with zero attached hydrogens (tertiary/aromatic N) is 4. The van der Waals surface area contributed by atoms with E-state index in [0.29, 0.717) is 19.4 Å². The van der Waals surface area contributed by atoms with Crippen molar-refractivity contribution in [3.8, 4) is 11.1 Å². The molecule has 4 rings (SSSR count). The molecule has 0 radical (unpaired) electrons. The highest BCUT2D eigenvalue weighted by molar-refractivity contribution is 6.03. The number of anilines is 1. The number of benzene rings is 1. The van der Waals surface area contributed by atoms with Gasteiger partial charge in [0, 0.05) is 29.9 Å². The lowest BCUT2D eigenvalue weighted by Gasteiger charge is -2.28. The van der Waals surface area contributed by atoms with Gasteiger partial charge in [0.2, 0.25) is 5.95 Å². The first-order valence-corrected chi connectivity index (χ1v) is 10.1. The molecule has 1 atom stereocenters. The minimum absolute atomic E-state index is 0.0472. The summed E-state index contributed by atoms with van der Waals surface area (Å²) in [6, 6.07) is 8.68. The number of hydrogen-bond acceptors (Lipinski definition) is 6. The second kappa shape index (κ2) is 8.57. The zero-order chi connectivity index (χ0) is 21.1. The molecule has 3 aromatic rings. The van der Waals surface area contributed by atoms with E-state index in [-0.39, 0.29) is 17.7 Å². The van der Waals surface area contributed by atoms with Crippen molar-refractivity contribution in [1.82, 2.24) is 15.0 Å². The molecule has 0 fully saturated rings.